The summed E-state index contributed by atoms with van der Waals surface area (Å²) in [6.45, 7) is 3.98. The summed E-state index contributed by atoms with van der Waals surface area (Å²) >= 11 is 0. The summed E-state index contributed by atoms with van der Waals surface area (Å²) in [6, 6.07) is 3.93. The minimum absolute atomic E-state index is 0.433. The Bertz CT molecular complexity index is 692. The van der Waals surface area contributed by atoms with Gasteiger partial charge in [-0.25, -0.2) is 4.79 Å². The highest BCUT2D eigenvalue weighted by Crippen LogP contribution is 2.24. The lowest BCUT2D eigenvalue weighted by molar-refractivity contribution is 0.122. The highest BCUT2D eigenvalue weighted by molar-refractivity contribution is 5.85. The number of piperazine rings is 1. The Morgan fingerprint density at radius 1 is 1.43 bits per heavy atom. The molecule has 1 aliphatic heterocycles. The lowest BCUT2D eigenvalue weighted by Gasteiger charge is -2.38. The Morgan fingerprint density at radius 3 is 3.05 bits per heavy atom. The molecule has 7 heteroatoms. The van der Waals surface area contributed by atoms with E-state index in [-0.39, 0.29) is 0 Å². The van der Waals surface area contributed by atoms with Crippen molar-refractivity contribution in [1.29, 1.82) is 0 Å². The average Bonchev–Trinajstić information content (AvgIpc) is 2.78. The molecular weight excluding hydrogens is 270 g/mol. The molecule has 114 valence electrons. The van der Waals surface area contributed by atoms with Crippen LogP contribution >= 0.6 is 0 Å². The van der Waals surface area contributed by atoms with Crippen LogP contribution in [0.1, 0.15) is 0 Å². The molecule has 4 N–H and O–H groups in total. The van der Waals surface area contributed by atoms with Crippen LogP contribution < -0.4 is 16.8 Å². The standard InChI is InChI=1S/C14H21N5O2/c1-18-3-4-19(2)9(8-18)7-16-11-6-12-13(5-10(11)15)21-14(20)17-12/h5-6,9,16H,3-4,7-8,15H2,1-2H3,(H,17,20). The van der Waals surface area contributed by atoms with Gasteiger partial charge >= 0.3 is 5.76 Å². The molecular formula is C14H21N5O2. The van der Waals surface area contributed by atoms with E-state index in [1.54, 1.807) is 6.07 Å². The molecule has 21 heavy (non-hydrogen) atoms. The van der Waals surface area contributed by atoms with Crippen LogP contribution in [0.15, 0.2) is 21.3 Å². The van der Waals surface area contributed by atoms with Crippen LogP contribution in [0.25, 0.3) is 11.1 Å². The molecule has 0 spiro atoms. The summed E-state index contributed by atoms with van der Waals surface area (Å²) in [5.74, 6) is -0.463. The lowest BCUT2D eigenvalue weighted by Crippen LogP contribution is -2.52. The topological polar surface area (TPSA) is 90.5 Å². The Morgan fingerprint density at radius 2 is 2.24 bits per heavy atom. The van der Waals surface area contributed by atoms with Gasteiger partial charge in [0.25, 0.3) is 0 Å². The molecule has 1 saturated heterocycles. The van der Waals surface area contributed by atoms with E-state index in [0.717, 1.165) is 31.9 Å². The van der Waals surface area contributed by atoms with Crippen molar-refractivity contribution < 1.29 is 4.42 Å². The van der Waals surface area contributed by atoms with Gasteiger partial charge < -0.3 is 20.4 Å². The number of nitrogens with one attached hydrogen (secondary N) is 2. The SMILES string of the molecule is CN1CCN(C)C(CNc2cc3[nH]c(=O)oc3cc2N)C1. The quantitative estimate of drug-likeness (QED) is 0.708. The zero-order valence-corrected chi connectivity index (χ0v) is 12.3. The van der Waals surface area contributed by atoms with Gasteiger partial charge in [-0.1, -0.05) is 0 Å². The maximum absolute atomic E-state index is 11.2. The number of benzene rings is 1. The Labute approximate surface area is 122 Å². The van der Waals surface area contributed by atoms with Gasteiger partial charge in [0, 0.05) is 38.3 Å². The van der Waals surface area contributed by atoms with Gasteiger partial charge in [-0.3, -0.25) is 9.88 Å². The summed E-state index contributed by atoms with van der Waals surface area (Å²) in [5.41, 5.74) is 8.55. The van der Waals surface area contributed by atoms with Crippen molar-refractivity contribution in [2.75, 3.05) is 51.3 Å². The van der Waals surface area contributed by atoms with Crippen molar-refractivity contribution >= 4 is 22.5 Å². The molecule has 0 amide bonds. The van der Waals surface area contributed by atoms with Crippen LogP contribution in [-0.2, 0) is 0 Å². The summed E-state index contributed by atoms with van der Waals surface area (Å²) in [5, 5.41) is 3.38. The van der Waals surface area contributed by atoms with Gasteiger partial charge in [0.05, 0.1) is 16.9 Å². The summed E-state index contributed by atoms with van der Waals surface area (Å²) in [4.78, 5) is 18.5. The van der Waals surface area contributed by atoms with Crippen molar-refractivity contribution in [3.05, 3.63) is 22.7 Å². The number of aromatic nitrogens is 1. The average molecular weight is 291 g/mol. The molecule has 0 bridgehead atoms. The third-order valence-electron chi connectivity index (χ3n) is 4.10. The van der Waals surface area contributed by atoms with Gasteiger partial charge in [-0.05, 0) is 20.2 Å². The van der Waals surface area contributed by atoms with Crippen molar-refractivity contribution in [2.24, 2.45) is 0 Å². The Kier molecular flexibility index (Phi) is 3.60. The van der Waals surface area contributed by atoms with E-state index in [1.165, 1.54) is 0 Å². The number of aromatic amines is 1. The van der Waals surface area contributed by atoms with E-state index in [4.69, 9.17) is 10.2 Å². The van der Waals surface area contributed by atoms with E-state index in [0.29, 0.717) is 22.8 Å². The second-order valence-electron chi connectivity index (χ2n) is 5.73. The fourth-order valence-electron chi connectivity index (χ4n) is 2.72. The lowest BCUT2D eigenvalue weighted by atomic mass is 10.1. The van der Waals surface area contributed by atoms with E-state index < -0.39 is 5.76 Å². The summed E-state index contributed by atoms with van der Waals surface area (Å²) in [7, 11) is 4.27. The largest absolute Gasteiger partial charge is 0.417 e. The Balaban J connectivity index is 1.75. The normalized spacial score (nSPS) is 21.0. The monoisotopic (exact) mass is 291 g/mol. The summed E-state index contributed by atoms with van der Waals surface area (Å²) in [6.07, 6.45) is 0. The zero-order valence-electron chi connectivity index (χ0n) is 12.3. The number of nitrogens with zero attached hydrogens (tertiary/aromatic N) is 2. The van der Waals surface area contributed by atoms with Crippen LogP contribution in [0.2, 0.25) is 0 Å². The van der Waals surface area contributed by atoms with E-state index >= 15 is 0 Å². The molecule has 2 heterocycles. The number of fused-ring (bicyclic) bond motifs is 1. The fourth-order valence-corrected chi connectivity index (χ4v) is 2.72. The number of H-pyrrole nitrogens is 1. The van der Waals surface area contributed by atoms with Crippen molar-refractivity contribution in [1.82, 2.24) is 14.8 Å². The van der Waals surface area contributed by atoms with Crippen LogP contribution in [0, 0.1) is 0 Å². The number of nitrogens with two attached hydrogens (primary N) is 1. The van der Waals surface area contributed by atoms with Crippen LogP contribution in [0.3, 0.4) is 0 Å². The molecule has 1 fully saturated rings. The third kappa shape index (κ3) is 2.88. The number of likely N-dealkylation sites (N-methyl/N-ethyl adjacent to an activating group) is 2. The predicted molar refractivity (Wildman–Crippen MR) is 83.7 cm³/mol. The van der Waals surface area contributed by atoms with Gasteiger partial charge in [-0.15, -0.1) is 0 Å². The van der Waals surface area contributed by atoms with Gasteiger partial charge in [0.15, 0.2) is 5.58 Å². The first-order chi connectivity index (χ1) is 10.0. The number of hydrogen-bond acceptors (Lipinski definition) is 6. The van der Waals surface area contributed by atoms with Crippen LogP contribution in [-0.4, -0.2) is 61.1 Å². The van der Waals surface area contributed by atoms with Gasteiger partial charge in [-0.2, -0.15) is 0 Å². The first-order valence-corrected chi connectivity index (χ1v) is 7.08. The molecule has 2 aromatic rings. The number of oxazole rings is 1. The molecule has 0 saturated carbocycles. The smallest absolute Gasteiger partial charge is 0.408 e. The Hall–Kier alpha value is -1.99. The molecule has 1 unspecified atom stereocenters. The fraction of sp³-hybridized carbons (Fsp3) is 0.500. The van der Waals surface area contributed by atoms with Gasteiger partial charge in [0.1, 0.15) is 0 Å². The molecule has 3 rings (SSSR count). The molecule has 0 radical (unpaired) electrons. The third-order valence-corrected chi connectivity index (χ3v) is 4.10. The molecule has 1 aromatic carbocycles. The minimum Gasteiger partial charge on any atom is -0.408 e. The van der Waals surface area contributed by atoms with E-state index in [9.17, 15) is 4.79 Å². The van der Waals surface area contributed by atoms with Crippen molar-refractivity contribution in [3.8, 4) is 0 Å². The number of nitrogen functional groups attached to an aromatic ring is 1. The number of hydrogen-bond donors (Lipinski definition) is 3. The second-order valence-corrected chi connectivity index (χ2v) is 5.73. The second kappa shape index (κ2) is 5.42. The van der Waals surface area contributed by atoms with Crippen LogP contribution in [0.4, 0.5) is 11.4 Å². The number of anilines is 2. The van der Waals surface area contributed by atoms with Crippen molar-refractivity contribution in [2.45, 2.75) is 6.04 Å². The minimum atomic E-state index is -0.463. The molecule has 1 aromatic heterocycles. The first-order valence-electron chi connectivity index (χ1n) is 7.08. The molecule has 7 nitrogen and oxygen atoms in total. The van der Waals surface area contributed by atoms with Gasteiger partial charge in [0.2, 0.25) is 0 Å². The highest BCUT2D eigenvalue weighted by Gasteiger charge is 2.22. The summed E-state index contributed by atoms with van der Waals surface area (Å²) < 4.78 is 5.00. The van der Waals surface area contributed by atoms with Crippen LogP contribution in [0.5, 0.6) is 0 Å². The van der Waals surface area contributed by atoms with E-state index in [1.807, 2.05) is 6.07 Å². The van der Waals surface area contributed by atoms with E-state index in [2.05, 4.69) is 34.2 Å². The zero-order chi connectivity index (χ0) is 15.0. The maximum atomic E-state index is 11.2. The number of rotatable bonds is 3. The highest BCUT2D eigenvalue weighted by atomic mass is 16.4. The molecule has 0 aliphatic carbocycles. The predicted octanol–water partition coefficient (Wildman–Crippen LogP) is 0.361. The first kappa shape index (κ1) is 14.0. The molecule has 1 aliphatic rings. The molecule has 1 atom stereocenters. The van der Waals surface area contributed by atoms with Crippen molar-refractivity contribution in [3.63, 3.8) is 0 Å². The maximum Gasteiger partial charge on any atom is 0.417 e.